The van der Waals surface area contributed by atoms with Crippen molar-refractivity contribution in [2.45, 2.75) is 24.2 Å². The third-order valence-corrected chi connectivity index (χ3v) is 4.40. The fraction of sp³-hybridized carbons (Fsp3) is 0.417. The molecule has 2 unspecified atom stereocenters. The molecule has 4 heteroatoms. The molecule has 2 atom stereocenters. The number of hydrogen-bond donors (Lipinski definition) is 0. The van der Waals surface area contributed by atoms with E-state index in [0.717, 1.165) is 5.56 Å². The molecule has 1 aromatic carbocycles. The lowest BCUT2D eigenvalue weighted by molar-refractivity contribution is -0.130. The van der Waals surface area contributed by atoms with Gasteiger partial charge in [-0.15, -0.1) is 0 Å². The Morgan fingerprint density at radius 2 is 1.75 bits per heavy atom. The van der Waals surface area contributed by atoms with Gasteiger partial charge < -0.3 is 0 Å². The Balaban J connectivity index is 2.24. The molecule has 86 valence electrons. The molecule has 0 heterocycles. The minimum absolute atomic E-state index is 0.0732. The van der Waals surface area contributed by atoms with E-state index in [2.05, 4.69) is 0 Å². The topological polar surface area (TPSA) is 51.2 Å². The molecule has 0 radical (unpaired) electrons. The first-order valence-electron chi connectivity index (χ1n) is 5.22. The maximum atomic E-state index is 11.3. The van der Waals surface area contributed by atoms with E-state index in [0.29, 0.717) is 11.3 Å². The summed E-state index contributed by atoms with van der Waals surface area (Å²) < 4.78 is 22.5. The van der Waals surface area contributed by atoms with Gasteiger partial charge in [-0.3, -0.25) is 4.79 Å². The molecular formula is C12H14O3S. The van der Waals surface area contributed by atoms with Crippen molar-refractivity contribution in [1.29, 1.82) is 0 Å². The predicted molar refractivity (Wildman–Crippen MR) is 61.1 cm³/mol. The molecule has 0 spiro atoms. The second-order valence-corrected chi connectivity index (χ2v) is 6.42. The predicted octanol–water partition coefficient (Wildman–Crippen LogP) is 1.78. The van der Waals surface area contributed by atoms with Crippen molar-refractivity contribution in [3.05, 3.63) is 29.8 Å². The molecule has 0 aromatic heterocycles. The van der Waals surface area contributed by atoms with Gasteiger partial charge in [0.1, 0.15) is 5.78 Å². The highest BCUT2D eigenvalue weighted by Crippen LogP contribution is 2.39. The van der Waals surface area contributed by atoms with E-state index in [1.807, 2.05) is 19.1 Å². The van der Waals surface area contributed by atoms with E-state index in [4.69, 9.17) is 0 Å². The summed E-state index contributed by atoms with van der Waals surface area (Å²) in [5, 5.41) is 0. The lowest BCUT2D eigenvalue weighted by Gasteiger charge is -2.32. The molecule has 0 saturated heterocycles. The van der Waals surface area contributed by atoms with Crippen molar-refractivity contribution in [2.24, 2.45) is 5.92 Å². The Morgan fingerprint density at radius 3 is 2.12 bits per heavy atom. The Labute approximate surface area is 95.4 Å². The van der Waals surface area contributed by atoms with E-state index in [-0.39, 0.29) is 17.6 Å². The number of rotatable bonds is 2. The van der Waals surface area contributed by atoms with Gasteiger partial charge in [0, 0.05) is 24.5 Å². The van der Waals surface area contributed by atoms with Crippen molar-refractivity contribution in [3.8, 4) is 0 Å². The molecular weight excluding hydrogens is 224 g/mol. The summed E-state index contributed by atoms with van der Waals surface area (Å²) >= 11 is 0. The van der Waals surface area contributed by atoms with E-state index in [9.17, 15) is 13.2 Å². The van der Waals surface area contributed by atoms with E-state index >= 15 is 0 Å². The highest BCUT2D eigenvalue weighted by Gasteiger charge is 2.36. The standard InChI is InChI=1S/C12H14O3S/c1-8-11(7-12(8)13)9-3-5-10(6-4-9)16(2,14)15/h3-6,8,11H,7H2,1-2H3. The normalized spacial score (nSPS) is 25.2. The summed E-state index contributed by atoms with van der Waals surface area (Å²) in [6, 6.07) is 6.84. The Hall–Kier alpha value is -1.16. The number of carbonyl (C=O) groups excluding carboxylic acids is 1. The fourth-order valence-corrected chi connectivity index (χ4v) is 2.64. The van der Waals surface area contributed by atoms with Crippen LogP contribution in [-0.2, 0) is 14.6 Å². The number of Topliss-reactive ketones (excluding diaryl/α,β-unsaturated/α-hetero) is 1. The van der Waals surface area contributed by atoms with Crippen LogP contribution in [0.1, 0.15) is 24.8 Å². The summed E-state index contributed by atoms with van der Waals surface area (Å²) in [6.45, 7) is 1.92. The zero-order chi connectivity index (χ0) is 11.9. The summed E-state index contributed by atoms with van der Waals surface area (Å²) in [5.41, 5.74) is 1.06. The molecule has 0 N–H and O–H groups in total. The molecule has 1 fully saturated rings. The van der Waals surface area contributed by atoms with Crippen LogP contribution in [0.3, 0.4) is 0 Å². The minimum atomic E-state index is -3.13. The zero-order valence-corrected chi connectivity index (χ0v) is 10.1. The first-order chi connectivity index (χ1) is 7.39. The fourth-order valence-electron chi connectivity index (χ4n) is 2.01. The van der Waals surface area contributed by atoms with Gasteiger partial charge in [0.25, 0.3) is 0 Å². The zero-order valence-electron chi connectivity index (χ0n) is 9.30. The van der Waals surface area contributed by atoms with Gasteiger partial charge in [-0.05, 0) is 17.7 Å². The Morgan fingerprint density at radius 1 is 1.19 bits per heavy atom. The smallest absolute Gasteiger partial charge is 0.175 e. The summed E-state index contributed by atoms with van der Waals surface area (Å²) in [6.07, 6.45) is 1.77. The van der Waals surface area contributed by atoms with Crippen LogP contribution in [-0.4, -0.2) is 20.5 Å². The monoisotopic (exact) mass is 238 g/mol. The molecule has 0 aliphatic heterocycles. The molecule has 1 aromatic rings. The number of hydrogen-bond acceptors (Lipinski definition) is 3. The van der Waals surface area contributed by atoms with Crippen LogP contribution in [0.25, 0.3) is 0 Å². The van der Waals surface area contributed by atoms with E-state index in [1.54, 1.807) is 12.1 Å². The van der Waals surface area contributed by atoms with Crippen LogP contribution in [0, 0.1) is 5.92 Å². The molecule has 3 nitrogen and oxygen atoms in total. The van der Waals surface area contributed by atoms with Crippen molar-refractivity contribution < 1.29 is 13.2 Å². The van der Waals surface area contributed by atoms with Crippen molar-refractivity contribution in [3.63, 3.8) is 0 Å². The van der Waals surface area contributed by atoms with Gasteiger partial charge in [-0.25, -0.2) is 8.42 Å². The van der Waals surface area contributed by atoms with Gasteiger partial charge in [-0.1, -0.05) is 19.1 Å². The van der Waals surface area contributed by atoms with Crippen LogP contribution >= 0.6 is 0 Å². The maximum Gasteiger partial charge on any atom is 0.175 e. The number of carbonyl (C=O) groups is 1. The maximum absolute atomic E-state index is 11.3. The van der Waals surface area contributed by atoms with Crippen LogP contribution in [0.2, 0.25) is 0 Å². The van der Waals surface area contributed by atoms with Gasteiger partial charge >= 0.3 is 0 Å². The summed E-state index contributed by atoms with van der Waals surface area (Å²) in [4.78, 5) is 11.5. The lowest BCUT2D eigenvalue weighted by atomic mass is 9.70. The minimum Gasteiger partial charge on any atom is -0.299 e. The molecule has 0 bridgehead atoms. The molecule has 1 aliphatic rings. The average molecular weight is 238 g/mol. The molecule has 1 saturated carbocycles. The number of ketones is 1. The first-order valence-corrected chi connectivity index (χ1v) is 7.11. The van der Waals surface area contributed by atoms with E-state index < -0.39 is 9.84 Å². The quantitative estimate of drug-likeness (QED) is 0.789. The third-order valence-electron chi connectivity index (χ3n) is 3.27. The average Bonchev–Trinajstić information content (AvgIpc) is 2.24. The van der Waals surface area contributed by atoms with Crippen LogP contribution < -0.4 is 0 Å². The first kappa shape index (κ1) is 11.3. The number of benzene rings is 1. The summed E-state index contributed by atoms with van der Waals surface area (Å²) in [5.74, 6) is 0.627. The second kappa shape index (κ2) is 3.70. The second-order valence-electron chi connectivity index (χ2n) is 4.41. The van der Waals surface area contributed by atoms with Crippen LogP contribution in [0.4, 0.5) is 0 Å². The van der Waals surface area contributed by atoms with Gasteiger partial charge in [0.2, 0.25) is 0 Å². The van der Waals surface area contributed by atoms with E-state index in [1.165, 1.54) is 6.26 Å². The Kier molecular flexibility index (Phi) is 2.62. The lowest BCUT2D eigenvalue weighted by Crippen LogP contribution is -2.32. The highest BCUT2D eigenvalue weighted by atomic mass is 32.2. The van der Waals surface area contributed by atoms with Crippen LogP contribution in [0.5, 0.6) is 0 Å². The van der Waals surface area contributed by atoms with Gasteiger partial charge in [0.15, 0.2) is 9.84 Å². The van der Waals surface area contributed by atoms with Crippen molar-refractivity contribution >= 4 is 15.6 Å². The largest absolute Gasteiger partial charge is 0.299 e. The molecule has 2 rings (SSSR count). The van der Waals surface area contributed by atoms with Gasteiger partial charge in [-0.2, -0.15) is 0 Å². The molecule has 0 amide bonds. The Bertz CT molecular complexity index is 514. The number of sulfone groups is 1. The summed E-state index contributed by atoms with van der Waals surface area (Å²) in [7, 11) is -3.13. The van der Waals surface area contributed by atoms with Gasteiger partial charge in [0.05, 0.1) is 4.90 Å². The third kappa shape index (κ3) is 1.89. The molecule has 16 heavy (non-hydrogen) atoms. The highest BCUT2D eigenvalue weighted by molar-refractivity contribution is 7.90. The van der Waals surface area contributed by atoms with Crippen LogP contribution in [0.15, 0.2) is 29.2 Å². The van der Waals surface area contributed by atoms with Crippen molar-refractivity contribution in [2.75, 3.05) is 6.26 Å². The van der Waals surface area contributed by atoms with Crippen molar-refractivity contribution in [1.82, 2.24) is 0 Å². The SMILES string of the molecule is CC1C(=O)CC1c1ccc(S(C)(=O)=O)cc1. The molecule has 1 aliphatic carbocycles.